The first-order valence-electron chi connectivity index (χ1n) is 8.31. The minimum atomic E-state index is 0.857. The Morgan fingerprint density at radius 3 is 2.10 bits per heavy atom. The Kier molecular flexibility index (Phi) is 8.74. The van der Waals surface area contributed by atoms with Gasteiger partial charge in [0.2, 0.25) is 0 Å². The van der Waals surface area contributed by atoms with Crippen LogP contribution >= 0.6 is 0 Å². The lowest BCUT2D eigenvalue weighted by Crippen LogP contribution is -2.25. The third kappa shape index (κ3) is 6.76. The van der Waals surface area contributed by atoms with E-state index in [1.807, 2.05) is 6.07 Å². The van der Waals surface area contributed by atoms with E-state index < -0.39 is 0 Å². The van der Waals surface area contributed by atoms with Crippen LogP contribution < -0.4 is 10.6 Å². The van der Waals surface area contributed by atoms with Gasteiger partial charge >= 0.3 is 0 Å². The van der Waals surface area contributed by atoms with Gasteiger partial charge in [0.25, 0.3) is 0 Å². The van der Waals surface area contributed by atoms with E-state index in [2.05, 4.69) is 53.2 Å². The van der Waals surface area contributed by atoms with E-state index in [0.29, 0.717) is 0 Å². The summed E-state index contributed by atoms with van der Waals surface area (Å²) >= 11 is 0. The Morgan fingerprint density at radius 2 is 1.57 bits per heavy atom. The van der Waals surface area contributed by atoms with Crippen LogP contribution in [-0.4, -0.2) is 47.6 Å². The lowest BCUT2D eigenvalue weighted by Gasteiger charge is -2.18. The molecule has 0 spiro atoms. The van der Waals surface area contributed by atoms with Crippen LogP contribution in [0.2, 0.25) is 0 Å². The summed E-state index contributed by atoms with van der Waals surface area (Å²) in [6.07, 6.45) is 3.08. The predicted molar refractivity (Wildman–Crippen MR) is 91.1 cm³/mol. The molecule has 0 bridgehead atoms. The summed E-state index contributed by atoms with van der Waals surface area (Å²) in [4.78, 5) is 11.5. The number of aryl methyl sites for hydroxylation is 1. The molecule has 0 unspecified atom stereocenters. The largest absolute Gasteiger partial charge is 0.370 e. The maximum absolute atomic E-state index is 4.54. The fourth-order valence-electron chi connectivity index (χ4n) is 2.15. The third-order valence-electron chi connectivity index (χ3n) is 3.50. The van der Waals surface area contributed by atoms with Gasteiger partial charge in [-0.3, -0.25) is 0 Å². The van der Waals surface area contributed by atoms with Crippen LogP contribution in [0, 0.1) is 0 Å². The highest BCUT2D eigenvalue weighted by Crippen LogP contribution is 2.12. The predicted octanol–water partition coefficient (Wildman–Crippen LogP) is 3.00. The molecule has 21 heavy (non-hydrogen) atoms. The van der Waals surface area contributed by atoms with Gasteiger partial charge in [0.1, 0.15) is 17.5 Å². The van der Waals surface area contributed by atoms with Crippen molar-refractivity contribution in [3.63, 3.8) is 0 Å². The van der Waals surface area contributed by atoms with Crippen molar-refractivity contribution in [3.8, 4) is 0 Å². The molecule has 0 saturated heterocycles. The molecule has 5 nitrogen and oxygen atoms in total. The Hall–Kier alpha value is -1.36. The fraction of sp³-hybridized carbons (Fsp3) is 0.750. The zero-order valence-corrected chi connectivity index (χ0v) is 14.1. The summed E-state index contributed by atoms with van der Waals surface area (Å²) in [5.41, 5.74) is 0. The lowest BCUT2D eigenvalue weighted by atomic mass is 10.3. The summed E-state index contributed by atoms with van der Waals surface area (Å²) in [7, 11) is 0. The first-order valence-corrected chi connectivity index (χ1v) is 8.31. The molecule has 1 heterocycles. The van der Waals surface area contributed by atoms with Crippen LogP contribution in [0.15, 0.2) is 6.07 Å². The Balaban J connectivity index is 2.49. The highest BCUT2D eigenvalue weighted by molar-refractivity contribution is 5.47. The third-order valence-corrected chi connectivity index (χ3v) is 3.50. The van der Waals surface area contributed by atoms with Crippen LogP contribution in [0.5, 0.6) is 0 Å². The van der Waals surface area contributed by atoms with Crippen molar-refractivity contribution in [2.75, 3.05) is 43.4 Å². The minimum Gasteiger partial charge on any atom is -0.370 e. The van der Waals surface area contributed by atoms with Gasteiger partial charge in [-0.25, -0.2) is 9.97 Å². The number of hydrogen-bond acceptors (Lipinski definition) is 5. The molecule has 2 N–H and O–H groups in total. The fourth-order valence-corrected chi connectivity index (χ4v) is 2.15. The summed E-state index contributed by atoms with van der Waals surface area (Å²) in [6.45, 7) is 13.9. The SMILES string of the molecule is CCCNc1cc(NCCCN(CC)CC)nc(CC)n1. The first kappa shape index (κ1) is 17.7. The average Bonchev–Trinajstić information content (AvgIpc) is 2.52. The first-order chi connectivity index (χ1) is 10.2. The normalized spacial score (nSPS) is 10.9. The molecule has 1 aromatic heterocycles. The van der Waals surface area contributed by atoms with Crippen molar-refractivity contribution in [2.45, 2.75) is 47.0 Å². The van der Waals surface area contributed by atoms with E-state index in [1.165, 1.54) is 0 Å². The molecular weight excluding hydrogens is 262 g/mol. The van der Waals surface area contributed by atoms with E-state index in [4.69, 9.17) is 0 Å². The number of aromatic nitrogens is 2. The summed E-state index contributed by atoms with van der Waals surface area (Å²) in [5, 5.41) is 6.76. The Bertz CT molecular complexity index is 390. The van der Waals surface area contributed by atoms with Crippen molar-refractivity contribution >= 4 is 11.6 Å². The molecule has 1 rings (SSSR count). The highest BCUT2D eigenvalue weighted by atomic mass is 15.1. The molecule has 0 amide bonds. The number of nitrogens with zero attached hydrogens (tertiary/aromatic N) is 3. The van der Waals surface area contributed by atoms with E-state index in [1.54, 1.807) is 0 Å². The standard InChI is InChI=1S/C16H31N5/c1-5-10-17-15-13-16(20-14(6-2)19-15)18-11-9-12-21(7-3)8-4/h13H,5-12H2,1-4H3,(H2,17,18,19,20). The molecule has 5 heteroatoms. The van der Waals surface area contributed by atoms with Crippen molar-refractivity contribution < 1.29 is 0 Å². The molecule has 0 aliphatic heterocycles. The van der Waals surface area contributed by atoms with Crippen molar-refractivity contribution in [2.24, 2.45) is 0 Å². The maximum atomic E-state index is 4.54. The van der Waals surface area contributed by atoms with E-state index in [-0.39, 0.29) is 0 Å². The van der Waals surface area contributed by atoms with E-state index >= 15 is 0 Å². The second-order valence-corrected chi connectivity index (χ2v) is 5.14. The van der Waals surface area contributed by atoms with Crippen LogP contribution in [0.1, 0.15) is 46.4 Å². The Labute approximate surface area is 129 Å². The van der Waals surface area contributed by atoms with Crippen LogP contribution in [0.3, 0.4) is 0 Å². The Morgan fingerprint density at radius 1 is 0.952 bits per heavy atom. The van der Waals surface area contributed by atoms with E-state index in [0.717, 1.165) is 69.4 Å². The zero-order valence-electron chi connectivity index (χ0n) is 14.1. The van der Waals surface area contributed by atoms with Gasteiger partial charge in [0.05, 0.1) is 0 Å². The number of rotatable bonds is 11. The van der Waals surface area contributed by atoms with Gasteiger partial charge in [-0.1, -0.05) is 27.7 Å². The van der Waals surface area contributed by atoms with Crippen LogP contribution in [0.25, 0.3) is 0 Å². The van der Waals surface area contributed by atoms with Gasteiger partial charge in [-0.05, 0) is 32.5 Å². The molecule has 0 aromatic carbocycles. The van der Waals surface area contributed by atoms with Crippen LogP contribution in [-0.2, 0) is 6.42 Å². The van der Waals surface area contributed by atoms with Crippen molar-refractivity contribution in [1.82, 2.24) is 14.9 Å². The summed E-state index contributed by atoms with van der Waals surface area (Å²) in [6, 6.07) is 2.01. The second kappa shape index (κ2) is 10.4. The molecule has 0 fully saturated rings. The average molecular weight is 293 g/mol. The van der Waals surface area contributed by atoms with Gasteiger partial charge in [-0.15, -0.1) is 0 Å². The number of hydrogen-bond donors (Lipinski definition) is 2. The summed E-state index contributed by atoms with van der Waals surface area (Å²) < 4.78 is 0. The highest BCUT2D eigenvalue weighted by Gasteiger charge is 2.03. The second-order valence-electron chi connectivity index (χ2n) is 5.14. The molecule has 0 saturated carbocycles. The van der Waals surface area contributed by atoms with Crippen molar-refractivity contribution in [3.05, 3.63) is 11.9 Å². The molecule has 0 aliphatic carbocycles. The maximum Gasteiger partial charge on any atom is 0.132 e. The van der Waals surface area contributed by atoms with Gasteiger partial charge in [0, 0.05) is 25.6 Å². The van der Waals surface area contributed by atoms with Gasteiger partial charge < -0.3 is 15.5 Å². The minimum absolute atomic E-state index is 0.857. The molecule has 0 aliphatic rings. The summed E-state index contributed by atoms with van der Waals surface area (Å²) in [5.74, 6) is 2.75. The van der Waals surface area contributed by atoms with Gasteiger partial charge in [-0.2, -0.15) is 0 Å². The molecule has 0 radical (unpaired) electrons. The monoisotopic (exact) mass is 293 g/mol. The van der Waals surface area contributed by atoms with Crippen molar-refractivity contribution in [1.29, 1.82) is 0 Å². The van der Waals surface area contributed by atoms with E-state index in [9.17, 15) is 0 Å². The smallest absolute Gasteiger partial charge is 0.132 e. The lowest BCUT2D eigenvalue weighted by molar-refractivity contribution is 0.303. The molecule has 1 aromatic rings. The molecule has 120 valence electrons. The van der Waals surface area contributed by atoms with Gasteiger partial charge in [0.15, 0.2) is 0 Å². The zero-order chi connectivity index (χ0) is 15.5. The molecule has 0 atom stereocenters. The molecular formula is C16H31N5. The van der Waals surface area contributed by atoms with Crippen LogP contribution in [0.4, 0.5) is 11.6 Å². The number of anilines is 2. The number of nitrogens with one attached hydrogen (secondary N) is 2. The quantitative estimate of drug-likeness (QED) is 0.614. The topological polar surface area (TPSA) is 53.1 Å².